The Morgan fingerprint density at radius 1 is 1.20 bits per heavy atom. The van der Waals surface area contributed by atoms with Gasteiger partial charge in [0.05, 0.1) is 0 Å². The predicted molar refractivity (Wildman–Crippen MR) is 91.3 cm³/mol. The molecule has 1 N–H and O–H groups in total. The molecule has 0 bridgehead atoms. The summed E-state index contributed by atoms with van der Waals surface area (Å²) >= 11 is 0.324. The molecule has 0 aromatic heterocycles. The second kappa shape index (κ2) is 4.53. The van der Waals surface area contributed by atoms with Crippen LogP contribution in [0.2, 0.25) is 0 Å². The molecule has 6 atom stereocenters. The van der Waals surface area contributed by atoms with E-state index in [0.29, 0.717) is 41.5 Å². The molecule has 0 unspecified atom stereocenters. The summed E-state index contributed by atoms with van der Waals surface area (Å²) in [5.41, 5.74) is 0.388. The standard InChI is InChI=1S/C17H26INO/c1-16-8-6-15(20)19-14(16)4-3-11-12(16)5-9-17(2)13(11)7-10-18-17/h10-14H,3-9H2,1-2H3,(H,19,20)/t11-,12+,13+,14-,16-,17+/m1/s1. The van der Waals surface area contributed by atoms with Crippen molar-refractivity contribution < 1.29 is 4.79 Å². The smallest absolute Gasteiger partial charge is 0.220 e. The van der Waals surface area contributed by atoms with Crippen LogP contribution in [0, 0.1) is 23.2 Å². The van der Waals surface area contributed by atoms with Crippen LogP contribution in [-0.4, -0.2) is 19.4 Å². The summed E-state index contributed by atoms with van der Waals surface area (Å²) < 4.78 is 3.38. The third kappa shape index (κ3) is 1.80. The van der Waals surface area contributed by atoms with Gasteiger partial charge in [-0.2, -0.15) is 0 Å². The van der Waals surface area contributed by atoms with Crippen molar-refractivity contribution in [3.05, 3.63) is 0 Å². The predicted octanol–water partition coefficient (Wildman–Crippen LogP) is 3.64. The van der Waals surface area contributed by atoms with Gasteiger partial charge >= 0.3 is 0 Å². The van der Waals surface area contributed by atoms with Gasteiger partial charge in [0.25, 0.3) is 0 Å². The summed E-state index contributed by atoms with van der Waals surface area (Å²) in [6, 6.07) is 0.467. The van der Waals surface area contributed by atoms with Crippen LogP contribution < -0.4 is 5.32 Å². The average Bonchev–Trinajstić information content (AvgIpc) is 2.81. The summed E-state index contributed by atoms with van der Waals surface area (Å²) in [4.78, 5) is 11.7. The first-order chi connectivity index (χ1) is 9.53. The number of rotatable bonds is 0. The van der Waals surface area contributed by atoms with E-state index in [2.05, 4.69) is 23.2 Å². The molecule has 2 nitrogen and oxygen atoms in total. The summed E-state index contributed by atoms with van der Waals surface area (Å²) in [6.45, 7) is 5.08. The minimum Gasteiger partial charge on any atom is -0.353 e. The lowest BCUT2D eigenvalue weighted by Crippen LogP contribution is -2.61. The van der Waals surface area contributed by atoms with Crippen LogP contribution in [0.3, 0.4) is 0 Å². The zero-order chi connectivity index (χ0) is 14.0. The Kier molecular flexibility index (Phi) is 3.11. The molecule has 0 aromatic carbocycles. The maximum absolute atomic E-state index is 11.7. The van der Waals surface area contributed by atoms with Crippen LogP contribution in [-0.2, 0) is 4.79 Å². The zero-order valence-electron chi connectivity index (χ0n) is 12.6. The number of amides is 1. The molecule has 0 aromatic rings. The van der Waals surface area contributed by atoms with Crippen LogP contribution in [0.1, 0.15) is 58.8 Å². The topological polar surface area (TPSA) is 29.1 Å². The minimum atomic E-state index is 0.298. The normalized spacial score (nSPS) is 54.2. The molecule has 0 spiro atoms. The van der Waals surface area contributed by atoms with Crippen molar-refractivity contribution >= 4 is 30.6 Å². The maximum Gasteiger partial charge on any atom is 0.220 e. The molecule has 2 heterocycles. The molecule has 2 aliphatic carbocycles. The van der Waals surface area contributed by atoms with E-state index in [1.165, 1.54) is 32.1 Å². The highest BCUT2D eigenvalue weighted by Crippen LogP contribution is 2.62. The molecule has 2 aliphatic heterocycles. The highest BCUT2D eigenvalue weighted by Gasteiger charge is 2.57. The van der Waals surface area contributed by atoms with Crippen LogP contribution in [0.4, 0.5) is 0 Å². The molecule has 4 rings (SSSR count). The minimum absolute atomic E-state index is 0.298. The molecule has 3 heteroatoms. The first kappa shape index (κ1) is 13.7. The molecule has 2 saturated carbocycles. The number of hydrogen-bond donors (Lipinski definition) is 1. The number of piperidine rings is 1. The molecule has 112 valence electrons. The van der Waals surface area contributed by atoms with E-state index < -0.39 is 0 Å². The van der Waals surface area contributed by atoms with Crippen molar-refractivity contribution in [2.24, 2.45) is 23.2 Å². The molecular weight excluding hydrogens is 361 g/mol. The molecule has 1 amide bonds. The van der Waals surface area contributed by atoms with E-state index in [1.807, 2.05) is 0 Å². The lowest BCUT2D eigenvalue weighted by molar-refractivity contribution is -0.132. The third-order valence-corrected chi connectivity index (χ3v) is 10.8. The molecular formula is C17H26INO. The molecule has 1 saturated heterocycles. The Hall–Kier alpha value is 0.0700. The number of hydrogen-bond acceptors (Lipinski definition) is 1. The number of carbonyl (C=O) groups excluding carboxylic acids is 1. The van der Waals surface area contributed by atoms with Gasteiger partial charge in [-0.05, 0) is 61.7 Å². The highest BCUT2D eigenvalue weighted by molar-refractivity contribution is 14.2. The zero-order valence-corrected chi connectivity index (χ0v) is 14.8. The Bertz CT molecular complexity index is 476. The Balaban J connectivity index is 1.64. The quantitative estimate of drug-likeness (QED) is 0.499. The number of fused-ring (bicyclic) bond motifs is 5. The Morgan fingerprint density at radius 2 is 2.05 bits per heavy atom. The number of alkyl halides is 1. The SMILES string of the molecule is C[C@]12CCC(=O)N[C@@H]1CC[C@@H]1[C@@H]2CC[C@]2(C)I=CC[C@@H]12. The summed E-state index contributed by atoms with van der Waals surface area (Å²) in [5.74, 6) is 3.09. The van der Waals surface area contributed by atoms with Crippen molar-refractivity contribution in [1.82, 2.24) is 5.32 Å². The number of nitrogens with one attached hydrogen (secondary N) is 1. The van der Waals surface area contributed by atoms with E-state index in [0.717, 1.165) is 30.6 Å². The van der Waals surface area contributed by atoms with Crippen molar-refractivity contribution in [2.45, 2.75) is 68.3 Å². The van der Waals surface area contributed by atoms with E-state index >= 15 is 0 Å². The highest BCUT2D eigenvalue weighted by atomic mass is 127. The van der Waals surface area contributed by atoms with Crippen molar-refractivity contribution in [1.29, 1.82) is 0 Å². The number of halogens is 1. The van der Waals surface area contributed by atoms with Gasteiger partial charge in [-0.25, -0.2) is 0 Å². The van der Waals surface area contributed by atoms with E-state index in [9.17, 15) is 4.79 Å². The van der Waals surface area contributed by atoms with E-state index in [4.69, 9.17) is 0 Å². The first-order valence-corrected chi connectivity index (χ1v) is 10.6. The van der Waals surface area contributed by atoms with Gasteiger partial charge in [-0.1, -0.05) is 17.9 Å². The fraction of sp³-hybridized carbons (Fsp3) is 0.882. The average molecular weight is 387 g/mol. The first-order valence-electron chi connectivity index (χ1n) is 8.28. The molecule has 3 fully saturated rings. The van der Waals surface area contributed by atoms with Gasteiger partial charge in [0.1, 0.15) is 0 Å². The van der Waals surface area contributed by atoms with Crippen LogP contribution in [0.25, 0.3) is 0 Å². The summed E-state index contributed by atoms with van der Waals surface area (Å²) in [5, 5.41) is 3.32. The Labute approximate surface area is 132 Å². The van der Waals surface area contributed by atoms with Crippen molar-refractivity contribution in [3.63, 3.8) is 0 Å². The van der Waals surface area contributed by atoms with Gasteiger partial charge in [0.2, 0.25) is 5.91 Å². The second-order valence-electron chi connectivity index (χ2n) is 7.90. The lowest BCUT2D eigenvalue weighted by atomic mass is 9.50. The van der Waals surface area contributed by atoms with Gasteiger partial charge in [0.15, 0.2) is 0 Å². The molecule has 0 radical (unpaired) electrons. The van der Waals surface area contributed by atoms with Gasteiger partial charge in [-0.15, -0.1) is 20.7 Å². The second-order valence-corrected chi connectivity index (χ2v) is 11.9. The van der Waals surface area contributed by atoms with Gasteiger partial charge in [-0.3, -0.25) is 4.79 Å². The Morgan fingerprint density at radius 3 is 2.90 bits per heavy atom. The maximum atomic E-state index is 11.7. The van der Waals surface area contributed by atoms with Gasteiger partial charge in [0, 0.05) is 15.9 Å². The lowest BCUT2D eigenvalue weighted by Gasteiger charge is -2.59. The summed E-state index contributed by atoms with van der Waals surface area (Å²) in [7, 11) is 0. The molecule has 4 aliphatic rings. The monoisotopic (exact) mass is 387 g/mol. The molecule has 20 heavy (non-hydrogen) atoms. The van der Waals surface area contributed by atoms with Crippen LogP contribution >= 0.6 is 20.7 Å². The van der Waals surface area contributed by atoms with E-state index in [-0.39, 0.29) is 0 Å². The van der Waals surface area contributed by atoms with Crippen LogP contribution in [0.5, 0.6) is 0 Å². The van der Waals surface area contributed by atoms with Gasteiger partial charge < -0.3 is 5.32 Å². The third-order valence-electron chi connectivity index (χ3n) is 7.08. The fourth-order valence-electron chi connectivity index (χ4n) is 5.85. The fourth-order valence-corrected chi connectivity index (χ4v) is 9.46. The summed E-state index contributed by atoms with van der Waals surface area (Å²) in [6.07, 6.45) is 8.77. The number of carbonyl (C=O) groups is 1. The van der Waals surface area contributed by atoms with Crippen molar-refractivity contribution in [3.8, 4) is 0 Å². The van der Waals surface area contributed by atoms with E-state index in [1.54, 1.807) is 0 Å². The van der Waals surface area contributed by atoms with Crippen LogP contribution in [0.15, 0.2) is 0 Å². The largest absolute Gasteiger partial charge is 0.353 e. The van der Waals surface area contributed by atoms with Crippen molar-refractivity contribution in [2.75, 3.05) is 0 Å².